The van der Waals surface area contributed by atoms with Gasteiger partial charge in [0.25, 0.3) is 0 Å². The van der Waals surface area contributed by atoms with Crippen molar-refractivity contribution < 1.29 is 9.53 Å². The van der Waals surface area contributed by atoms with Gasteiger partial charge in [-0.2, -0.15) is 0 Å². The summed E-state index contributed by atoms with van der Waals surface area (Å²) >= 11 is 0. The second-order valence-electron chi connectivity index (χ2n) is 3.47. The van der Waals surface area contributed by atoms with Gasteiger partial charge in [-0.05, 0) is 31.0 Å². The lowest BCUT2D eigenvalue weighted by Gasteiger charge is -2.03. The molecule has 0 heterocycles. The van der Waals surface area contributed by atoms with Crippen LogP contribution in [0.1, 0.15) is 24.5 Å². The second kappa shape index (κ2) is 5.95. The molecular formula is C13H17NO2. The Bertz CT molecular complexity index is 397. The van der Waals surface area contributed by atoms with Gasteiger partial charge in [0.2, 0.25) is 0 Å². The van der Waals surface area contributed by atoms with E-state index in [2.05, 4.69) is 0 Å². The minimum atomic E-state index is -0.208. The van der Waals surface area contributed by atoms with Crippen molar-refractivity contribution >= 4 is 17.7 Å². The number of carbonyl (C=O) groups is 1. The molecule has 0 fully saturated rings. The number of carbonyl (C=O) groups excluding carboxylic acids is 1. The molecule has 2 N–H and O–H groups in total. The van der Waals surface area contributed by atoms with Crippen LogP contribution in [0.2, 0.25) is 0 Å². The fourth-order valence-corrected chi connectivity index (χ4v) is 1.35. The zero-order valence-corrected chi connectivity index (χ0v) is 9.69. The van der Waals surface area contributed by atoms with E-state index in [1.165, 1.54) is 0 Å². The zero-order chi connectivity index (χ0) is 12.0. The van der Waals surface area contributed by atoms with Gasteiger partial charge in [0.05, 0.1) is 13.0 Å². The molecule has 0 aromatic heterocycles. The van der Waals surface area contributed by atoms with Crippen molar-refractivity contribution in [3.63, 3.8) is 0 Å². The first-order valence-corrected chi connectivity index (χ1v) is 5.32. The van der Waals surface area contributed by atoms with Crippen LogP contribution in [0.5, 0.6) is 0 Å². The van der Waals surface area contributed by atoms with Crippen LogP contribution in [-0.4, -0.2) is 12.6 Å². The number of nitrogen functional groups attached to an aromatic ring is 1. The molecule has 3 nitrogen and oxygen atoms in total. The van der Waals surface area contributed by atoms with Crippen molar-refractivity contribution in [2.24, 2.45) is 0 Å². The van der Waals surface area contributed by atoms with Crippen LogP contribution in [-0.2, 0) is 9.53 Å². The molecular weight excluding hydrogens is 202 g/mol. The van der Waals surface area contributed by atoms with Crippen LogP contribution in [0, 0.1) is 6.92 Å². The maximum Gasteiger partial charge on any atom is 0.309 e. The molecule has 0 aliphatic heterocycles. The van der Waals surface area contributed by atoms with Gasteiger partial charge in [-0.1, -0.05) is 24.3 Å². The standard InChI is InChI=1S/C13H17NO2/c1-3-16-13(15)9-5-7-11-6-4-8-12(14)10(11)2/h4-8H,3,9,14H2,1-2H3. The topological polar surface area (TPSA) is 52.3 Å². The lowest BCUT2D eigenvalue weighted by molar-refractivity contribution is -0.142. The van der Waals surface area contributed by atoms with Crippen LogP contribution in [0.4, 0.5) is 5.69 Å². The third-order valence-electron chi connectivity index (χ3n) is 2.30. The number of hydrogen-bond donors (Lipinski definition) is 1. The molecule has 0 aliphatic rings. The van der Waals surface area contributed by atoms with Crippen LogP contribution in [0.3, 0.4) is 0 Å². The zero-order valence-electron chi connectivity index (χ0n) is 9.69. The predicted molar refractivity (Wildman–Crippen MR) is 65.9 cm³/mol. The van der Waals surface area contributed by atoms with Crippen molar-refractivity contribution in [1.29, 1.82) is 0 Å². The number of nitrogens with two attached hydrogens (primary N) is 1. The molecule has 86 valence electrons. The summed E-state index contributed by atoms with van der Waals surface area (Å²) in [6.45, 7) is 4.17. The van der Waals surface area contributed by atoms with Crippen molar-refractivity contribution in [1.82, 2.24) is 0 Å². The van der Waals surface area contributed by atoms with Crippen molar-refractivity contribution in [3.8, 4) is 0 Å². The lowest BCUT2D eigenvalue weighted by Crippen LogP contribution is -2.01. The highest BCUT2D eigenvalue weighted by Gasteiger charge is 1.99. The molecule has 0 atom stereocenters. The number of hydrogen-bond acceptors (Lipinski definition) is 3. The van der Waals surface area contributed by atoms with E-state index in [9.17, 15) is 4.79 Å². The monoisotopic (exact) mass is 219 g/mol. The summed E-state index contributed by atoms with van der Waals surface area (Å²) in [6.07, 6.45) is 3.98. The van der Waals surface area contributed by atoms with Gasteiger partial charge in [-0.15, -0.1) is 0 Å². The summed E-state index contributed by atoms with van der Waals surface area (Å²) in [4.78, 5) is 11.1. The summed E-state index contributed by atoms with van der Waals surface area (Å²) in [5, 5.41) is 0. The highest BCUT2D eigenvalue weighted by molar-refractivity contribution is 5.73. The second-order valence-corrected chi connectivity index (χ2v) is 3.47. The van der Waals surface area contributed by atoms with Gasteiger partial charge < -0.3 is 10.5 Å². The molecule has 0 aliphatic carbocycles. The SMILES string of the molecule is CCOC(=O)CC=Cc1cccc(N)c1C. The molecule has 0 saturated carbocycles. The fourth-order valence-electron chi connectivity index (χ4n) is 1.35. The third-order valence-corrected chi connectivity index (χ3v) is 2.30. The molecule has 0 amide bonds. The highest BCUT2D eigenvalue weighted by atomic mass is 16.5. The summed E-state index contributed by atoms with van der Waals surface area (Å²) < 4.78 is 4.82. The van der Waals surface area contributed by atoms with E-state index >= 15 is 0 Å². The van der Waals surface area contributed by atoms with Gasteiger partial charge in [0.15, 0.2) is 0 Å². The normalized spacial score (nSPS) is 10.6. The lowest BCUT2D eigenvalue weighted by atomic mass is 10.1. The number of esters is 1. The van der Waals surface area contributed by atoms with E-state index in [1.54, 1.807) is 13.0 Å². The quantitative estimate of drug-likeness (QED) is 0.625. The van der Waals surface area contributed by atoms with Crippen molar-refractivity contribution in [2.45, 2.75) is 20.3 Å². The maximum absolute atomic E-state index is 11.1. The Labute approximate surface area is 95.9 Å². The Morgan fingerprint density at radius 1 is 1.50 bits per heavy atom. The van der Waals surface area contributed by atoms with E-state index in [0.717, 1.165) is 16.8 Å². The number of ether oxygens (including phenoxy) is 1. The van der Waals surface area contributed by atoms with Crippen LogP contribution < -0.4 is 5.73 Å². The van der Waals surface area contributed by atoms with E-state index < -0.39 is 0 Å². The Morgan fingerprint density at radius 2 is 2.25 bits per heavy atom. The van der Waals surface area contributed by atoms with Crippen LogP contribution in [0.15, 0.2) is 24.3 Å². The van der Waals surface area contributed by atoms with E-state index in [1.807, 2.05) is 31.2 Å². The van der Waals surface area contributed by atoms with Crippen molar-refractivity contribution in [3.05, 3.63) is 35.4 Å². The molecule has 0 bridgehead atoms. The Kier molecular flexibility index (Phi) is 4.58. The first kappa shape index (κ1) is 12.3. The molecule has 0 saturated heterocycles. The Hall–Kier alpha value is -1.77. The van der Waals surface area contributed by atoms with Gasteiger partial charge in [-0.25, -0.2) is 0 Å². The average Bonchev–Trinajstić information content (AvgIpc) is 2.25. The van der Waals surface area contributed by atoms with E-state index in [0.29, 0.717) is 13.0 Å². The first-order valence-electron chi connectivity index (χ1n) is 5.32. The maximum atomic E-state index is 11.1. The summed E-state index contributed by atoms with van der Waals surface area (Å²) in [5.41, 5.74) is 8.60. The minimum Gasteiger partial charge on any atom is -0.466 e. The van der Waals surface area contributed by atoms with Gasteiger partial charge in [0.1, 0.15) is 0 Å². The average molecular weight is 219 g/mol. The molecule has 1 aromatic carbocycles. The summed E-state index contributed by atoms with van der Waals surface area (Å²) in [5.74, 6) is -0.208. The van der Waals surface area contributed by atoms with Crippen LogP contribution in [0.25, 0.3) is 6.08 Å². The Morgan fingerprint density at radius 3 is 2.94 bits per heavy atom. The predicted octanol–water partition coefficient (Wildman–Crippen LogP) is 2.54. The summed E-state index contributed by atoms with van der Waals surface area (Å²) in [6, 6.07) is 5.72. The molecule has 0 spiro atoms. The molecule has 0 radical (unpaired) electrons. The smallest absolute Gasteiger partial charge is 0.309 e. The van der Waals surface area contributed by atoms with E-state index in [4.69, 9.17) is 10.5 Å². The van der Waals surface area contributed by atoms with E-state index in [-0.39, 0.29) is 5.97 Å². The fraction of sp³-hybridized carbons (Fsp3) is 0.308. The largest absolute Gasteiger partial charge is 0.466 e. The summed E-state index contributed by atoms with van der Waals surface area (Å²) in [7, 11) is 0. The third kappa shape index (κ3) is 3.42. The first-order chi connectivity index (χ1) is 7.65. The molecule has 1 aromatic rings. The number of rotatable bonds is 4. The van der Waals surface area contributed by atoms with Crippen molar-refractivity contribution in [2.75, 3.05) is 12.3 Å². The number of anilines is 1. The molecule has 1 rings (SSSR count). The molecule has 0 unspecified atom stereocenters. The van der Waals surface area contributed by atoms with Gasteiger partial charge in [0, 0.05) is 5.69 Å². The highest BCUT2D eigenvalue weighted by Crippen LogP contribution is 2.16. The molecule has 3 heteroatoms. The minimum absolute atomic E-state index is 0.208. The Balaban J connectivity index is 2.63. The van der Waals surface area contributed by atoms with Gasteiger partial charge in [-0.3, -0.25) is 4.79 Å². The molecule has 16 heavy (non-hydrogen) atoms. The van der Waals surface area contributed by atoms with Crippen LogP contribution >= 0.6 is 0 Å². The number of benzene rings is 1. The van der Waals surface area contributed by atoms with Gasteiger partial charge >= 0.3 is 5.97 Å².